The molecule has 0 aromatic heterocycles. The van der Waals surface area contributed by atoms with Crippen molar-refractivity contribution in [3.05, 3.63) is 0 Å². The number of guanidine groups is 1. The smallest absolute Gasteiger partial charge is 0.270 e. The van der Waals surface area contributed by atoms with Gasteiger partial charge in [0.1, 0.15) is 5.84 Å². The number of hydrogen-bond donors (Lipinski definition) is 2. The van der Waals surface area contributed by atoms with E-state index in [9.17, 15) is 9.59 Å². The molecule has 0 radical (unpaired) electrons. The molecule has 2 amide bonds. The predicted octanol–water partition coefficient (Wildman–Crippen LogP) is -1.54. The van der Waals surface area contributed by atoms with Gasteiger partial charge in [0.15, 0.2) is 6.04 Å². The van der Waals surface area contributed by atoms with Gasteiger partial charge in [0.05, 0.1) is 5.71 Å². The Balaban J connectivity index is 2.44. The summed E-state index contributed by atoms with van der Waals surface area (Å²) in [6.45, 7) is 1.54. The Morgan fingerprint density at radius 3 is 2.73 bits per heavy atom. The van der Waals surface area contributed by atoms with Crippen LogP contribution in [0.1, 0.15) is 6.92 Å². The lowest BCUT2D eigenvalue weighted by Crippen LogP contribution is -2.56. The molecular weight excluding hydrogens is 198 g/mol. The molecule has 0 aromatic carbocycles. The number of amides is 2. The van der Waals surface area contributed by atoms with Gasteiger partial charge in [-0.15, -0.1) is 0 Å². The van der Waals surface area contributed by atoms with Crippen LogP contribution in [-0.4, -0.2) is 42.4 Å². The Bertz CT molecular complexity index is 434. The zero-order chi connectivity index (χ0) is 11.0. The van der Waals surface area contributed by atoms with Crippen LogP contribution in [-0.2, 0) is 9.59 Å². The Morgan fingerprint density at radius 2 is 2.07 bits per heavy atom. The van der Waals surface area contributed by atoms with Gasteiger partial charge in [-0.3, -0.25) is 24.9 Å². The lowest BCUT2D eigenvalue weighted by molar-refractivity contribution is -0.119. The second-order valence-corrected chi connectivity index (χ2v) is 3.10. The van der Waals surface area contributed by atoms with Gasteiger partial charge in [-0.05, 0) is 6.92 Å². The van der Waals surface area contributed by atoms with Crippen LogP contribution < -0.4 is 10.6 Å². The SMILES string of the molecule is CN=C1N=C2NC(=O)C(C)=NC2C(=O)N1. The van der Waals surface area contributed by atoms with Crippen molar-refractivity contribution in [2.45, 2.75) is 13.0 Å². The maximum atomic E-state index is 11.5. The molecule has 2 rings (SSSR count). The monoisotopic (exact) mass is 207 g/mol. The third-order valence-electron chi connectivity index (χ3n) is 2.07. The number of nitrogens with zero attached hydrogens (tertiary/aromatic N) is 3. The number of fused-ring (bicyclic) bond motifs is 1. The van der Waals surface area contributed by atoms with Crippen molar-refractivity contribution in [2.24, 2.45) is 15.0 Å². The van der Waals surface area contributed by atoms with Crippen LogP contribution >= 0.6 is 0 Å². The molecule has 0 aromatic rings. The predicted molar refractivity (Wildman–Crippen MR) is 54.0 cm³/mol. The number of nitrogens with one attached hydrogen (secondary N) is 2. The molecule has 7 nitrogen and oxygen atoms in total. The molecule has 1 atom stereocenters. The third kappa shape index (κ3) is 1.51. The largest absolute Gasteiger partial charge is 0.307 e. The van der Waals surface area contributed by atoms with Crippen molar-refractivity contribution in [1.82, 2.24) is 10.6 Å². The average Bonchev–Trinajstić information content (AvgIpc) is 2.21. The zero-order valence-corrected chi connectivity index (χ0v) is 8.24. The molecule has 2 aliphatic rings. The number of carbonyl (C=O) groups is 2. The standard InChI is InChI=1S/C8H9N5O2/c1-3-6(14)11-5-4(10-3)7(15)13-8(9-2)12-5/h4H,1-2H3,(H2,9,11,12,13,14,15). The van der Waals surface area contributed by atoms with Gasteiger partial charge in [0.2, 0.25) is 5.96 Å². The summed E-state index contributed by atoms with van der Waals surface area (Å²) < 4.78 is 0. The van der Waals surface area contributed by atoms with E-state index >= 15 is 0 Å². The summed E-state index contributed by atoms with van der Waals surface area (Å²) in [5.74, 6) is -0.258. The minimum absolute atomic E-state index is 0.182. The maximum Gasteiger partial charge on any atom is 0.270 e. The van der Waals surface area contributed by atoms with E-state index in [0.29, 0.717) is 0 Å². The van der Waals surface area contributed by atoms with Gasteiger partial charge < -0.3 is 5.32 Å². The molecule has 0 aliphatic carbocycles. The average molecular weight is 207 g/mol. The quantitative estimate of drug-likeness (QED) is 0.503. The van der Waals surface area contributed by atoms with Gasteiger partial charge in [-0.1, -0.05) is 0 Å². The number of amidine groups is 1. The maximum absolute atomic E-state index is 11.5. The Morgan fingerprint density at radius 1 is 1.33 bits per heavy atom. The Labute approximate surface area is 85.4 Å². The number of hydrogen-bond acceptors (Lipinski definition) is 4. The van der Waals surface area contributed by atoms with Gasteiger partial charge >= 0.3 is 0 Å². The fourth-order valence-electron chi connectivity index (χ4n) is 1.29. The molecule has 15 heavy (non-hydrogen) atoms. The summed E-state index contributed by atoms with van der Waals surface area (Å²) in [6, 6.07) is -0.756. The van der Waals surface area contributed by atoms with Crippen molar-refractivity contribution >= 4 is 29.3 Å². The van der Waals surface area contributed by atoms with Crippen molar-refractivity contribution in [3.8, 4) is 0 Å². The normalized spacial score (nSPS) is 27.6. The molecule has 1 unspecified atom stereocenters. The summed E-state index contributed by atoms with van der Waals surface area (Å²) in [7, 11) is 1.50. The third-order valence-corrected chi connectivity index (χ3v) is 2.07. The lowest BCUT2D eigenvalue weighted by atomic mass is 10.1. The number of rotatable bonds is 0. The van der Waals surface area contributed by atoms with Crippen LogP contribution in [0.4, 0.5) is 0 Å². The van der Waals surface area contributed by atoms with Crippen LogP contribution in [0.15, 0.2) is 15.0 Å². The van der Waals surface area contributed by atoms with Crippen LogP contribution in [0.2, 0.25) is 0 Å². The molecule has 2 heterocycles. The first-order valence-electron chi connectivity index (χ1n) is 4.34. The number of carbonyl (C=O) groups excluding carboxylic acids is 2. The minimum Gasteiger partial charge on any atom is -0.307 e. The van der Waals surface area contributed by atoms with Gasteiger partial charge in [0, 0.05) is 7.05 Å². The fourth-order valence-corrected chi connectivity index (χ4v) is 1.29. The van der Waals surface area contributed by atoms with Crippen LogP contribution in [0, 0.1) is 0 Å². The topological polar surface area (TPSA) is 95.3 Å². The van der Waals surface area contributed by atoms with Gasteiger partial charge in [-0.2, -0.15) is 4.99 Å². The summed E-state index contributed by atoms with van der Waals surface area (Å²) >= 11 is 0. The van der Waals surface area contributed by atoms with Crippen LogP contribution in [0.3, 0.4) is 0 Å². The van der Waals surface area contributed by atoms with E-state index < -0.39 is 6.04 Å². The highest BCUT2D eigenvalue weighted by Gasteiger charge is 2.34. The number of aliphatic imine (C=N–C) groups is 3. The molecule has 7 heteroatoms. The van der Waals surface area contributed by atoms with Crippen molar-refractivity contribution in [1.29, 1.82) is 0 Å². The highest BCUT2D eigenvalue weighted by atomic mass is 16.2. The molecule has 2 N–H and O–H groups in total. The molecular formula is C8H9N5O2. The molecule has 78 valence electrons. The summed E-state index contributed by atoms with van der Waals surface area (Å²) in [6.07, 6.45) is 0. The van der Waals surface area contributed by atoms with Gasteiger partial charge in [-0.25, -0.2) is 0 Å². The fraction of sp³-hybridized carbons (Fsp3) is 0.375. The lowest BCUT2D eigenvalue weighted by Gasteiger charge is -2.24. The second-order valence-electron chi connectivity index (χ2n) is 3.10. The summed E-state index contributed by atoms with van der Waals surface area (Å²) in [4.78, 5) is 34.4. The molecule has 2 aliphatic heterocycles. The highest BCUT2D eigenvalue weighted by Crippen LogP contribution is 2.06. The van der Waals surface area contributed by atoms with E-state index in [0.717, 1.165) is 0 Å². The Kier molecular flexibility index (Phi) is 2.07. The van der Waals surface area contributed by atoms with E-state index in [1.165, 1.54) is 7.05 Å². The molecule has 0 spiro atoms. The van der Waals surface area contributed by atoms with Crippen molar-refractivity contribution < 1.29 is 9.59 Å². The van der Waals surface area contributed by atoms with Gasteiger partial charge in [0.25, 0.3) is 11.8 Å². The van der Waals surface area contributed by atoms with E-state index in [1.54, 1.807) is 6.92 Å². The molecule has 0 saturated heterocycles. The zero-order valence-electron chi connectivity index (χ0n) is 8.24. The van der Waals surface area contributed by atoms with E-state index in [4.69, 9.17) is 0 Å². The first-order chi connectivity index (χ1) is 7.11. The summed E-state index contributed by atoms with van der Waals surface area (Å²) in [5.41, 5.74) is 0.269. The van der Waals surface area contributed by atoms with Crippen LogP contribution in [0.5, 0.6) is 0 Å². The van der Waals surface area contributed by atoms with E-state index in [2.05, 4.69) is 25.6 Å². The van der Waals surface area contributed by atoms with Crippen molar-refractivity contribution in [2.75, 3.05) is 7.05 Å². The molecule has 0 saturated carbocycles. The van der Waals surface area contributed by atoms with Crippen LogP contribution in [0.25, 0.3) is 0 Å². The minimum atomic E-state index is -0.756. The second kappa shape index (κ2) is 3.26. The molecule has 0 fully saturated rings. The highest BCUT2D eigenvalue weighted by molar-refractivity contribution is 6.44. The van der Waals surface area contributed by atoms with E-state index in [-0.39, 0.29) is 29.3 Å². The first-order valence-corrected chi connectivity index (χ1v) is 4.34. The van der Waals surface area contributed by atoms with E-state index in [1.807, 2.05) is 0 Å². The first kappa shape index (κ1) is 9.50. The van der Waals surface area contributed by atoms with Crippen molar-refractivity contribution in [3.63, 3.8) is 0 Å². The molecule has 0 bridgehead atoms. The summed E-state index contributed by atoms with van der Waals surface area (Å²) in [5, 5.41) is 4.97. The Hall–Kier alpha value is -2.05.